The average molecular weight is 386 g/mol. The highest BCUT2D eigenvalue weighted by Gasteiger charge is 2.27. The molecule has 7 nitrogen and oxygen atoms in total. The molecule has 1 atom stereocenters. The van der Waals surface area contributed by atoms with Gasteiger partial charge in [-0.2, -0.15) is 5.26 Å². The molecule has 3 aromatic rings. The number of aromatic nitrogens is 3. The van der Waals surface area contributed by atoms with Gasteiger partial charge < -0.3 is 9.80 Å². The molecule has 0 amide bonds. The van der Waals surface area contributed by atoms with Crippen molar-refractivity contribution < 1.29 is 0 Å². The minimum absolute atomic E-state index is 0.0850. The summed E-state index contributed by atoms with van der Waals surface area (Å²) in [5, 5.41) is 9.16. The van der Waals surface area contributed by atoms with Gasteiger partial charge in [0.15, 0.2) is 0 Å². The maximum absolute atomic E-state index is 12.6. The Hall–Kier alpha value is -3.66. The first kappa shape index (κ1) is 18.7. The van der Waals surface area contributed by atoms with Crippen molar-refractivity contribution >= 4 is 11.6 Å². The lowest BCUT2D eigenvalue weighted by molar-refractivity contribution is 0.529. The molecule has 3 heterocycles. The van der Waals surface area contributed by atoms with Gasteiger partial charge in [0.25, 0.3) is 5.56 Å². The van der Waals surface area contributed by atoms with E-state index in [4.69, 9.17) is 10.2 Å². The summed E-state index contributed by atoms with van der Waals surface area (Å²) in [7, 11) is 1.76. The lowest BCUT2D eigenvalue weighted by atomic mass is 10.1. The highest BCUT2D eigenvalue weighted by molar-refractivity contribution is 5.60. The topological polar surface area (TPSA) is 78.1 Å². The maximum atomic E-state index is 12.6. The number of hydrogen-bond donors (Lipinski definition) is 0. The van der Waals surface area contributed by atoms with E-state index < -0.39 is 0 Å². The number of rotatable bonds is 3. The molecule has 1 unspecified atom stereocenters. The average Bonchev–Trinajstić information content (AvgIpc) is 2.76. The van der Waals surface area contributed by atoms with E-state index in [0.29, 0.717) is 17.2 Å². The smallest absolute Gasteiger partial charge is 0.255 e. The Kier molecular flexibility index (Phi) is 5.00. The molecule has 29 heavy (non-hydrogen) atoms. The van der Waals surface area contributed by atoms with Crippen LogP contribution < -0.4 is 15.4 Å². The SMILES string of the molecule is CC1CN(c2cccc(C#N)c2)CCN1c1nc(-c2ccncc2)cc(=O)n1C. The van der Waals surface area contributed by atoms with Crippen LogP contribution in [0.2, 0.25) is 0 Å². The van der Waals surface area contributed by atoms with E-state index in [1.807, 2.05) is 36.4 Å². The number of piperazine rings is 1. The summed E-state index contributed by atoms with van der Waals surface area (Å²) in [5.41, 5.74) is 3.15. The second kappa shape index (κ2) is 7.76. The zero-order valence-electron chi connectivity index (χ0n) is 16.5. The van der Waals surface area contributed by atoms with E-state index in [1.54, 1.807) is 30.1 Å². The Balaban J connectivity index is 1.62. The lowest BCUT2D eigenvalue weighted by Gasteiger charge is -2.42. The minimum atomic E-state index is -0.0850. The van der Waals surface area contributed by atoms with E-state index in [-0.39, 0.29) is 11.6 Å². The molecule has 146 valence electrons. The fourth-order valence-corrected chi connectivity index (χ4v) is 3.72. The first-order valence-corrected chi connectivity index (χ1v) is 9.57. The van der Waals surface area contributed by atoms with E-state index in [0.717, 1.165) is 30.9 Å². The van der Waals surface area contributed by atoms with Gasteiger partial charge in [-0.25, -0.2) is 4.98 Å². The second-order valence-corrected chi connectivity index (χ2v) is 7.23. The maximum Gasteiger partial charge on any atom is 0.255 e. The van der Waals surface area contributed by atoms with Gasteiger partial charge in [-0.3, -0.25) is 14.3 Å². The monoisotopic (exact) mass is 386 g/mol. The van der Waals surface area contributed by atoms with Crippen molar-refractivity contribution in [3.05, 3.63) is 70.8 Å². The van der Waals surface area contributed by atoms with Gasteiger partial charge >= 0.3 is 0 Å². The normalized spacial score (nSPS) is 16.5. The van der Waals surface area contributed by atoms with Crippen molar-refractivity contribution in [3.63, 3.8) is 0 Å². The molecule has 1 aliphatic rings. The quantitative estimate of drug-likeness (QED) is 0.688. The van der Waals surface area contributed by atoms with Crippen LogP contribution in [0, 0.1) is 11.3 Å². The minimum Gasteiger partial charge on any atom is -0.368 e. The molecule has 0 aliphatic carbocycles. The summed E-state index contributed by atoms with van der Waals surface area (Å²) < 4.78 is 1.60. The summed E-state index contributed by atoms with van der Waals surface area (Å²) in [6, 6.07) is 15.3. The van der Waals surface area contributed by atoms with Crippen LogP contribution in [0.1, 0.15) is 12.5 Å². The summed E-state index contributed by atoms with van der Waals surface area (Å²) in [6.07, 6.45) is 3.40. The third kappa shape index (κ3) is 3.69. The molecule has 1 aromatic carbocycles. The van der Waals surface area contributed by atoms with Gasteiger partial charge in [0.1, 0.15) is 0 Å². The number of nitriles is 1. The molecule has 0 bridgehead atoms. The number of pyridine rings is 1. The lowest BCUT2D eigenvalue weighted by Crippen LogP contribution is -2.53. The van der Waals surface area contributed by atoms with Crippen LogP contribution in [0.3, 0.4) is 0 Å². The Morgan fingerprint density at radius 3 is 2.66 bits per heavy atom. The van der Waals surface area contributed by atoms with E-state index >= 15 is 0 Å². The zero-order valence-corrected chi connectivity index (χ0v) is 16.5. The largest absolute Gasteiger partial charge is 0.368 e. The molecule has 0 spiro atoms. The third-order valence-corrected chi connectivity index (χ3v) is 5.31. The van der Waals surface area contributed by atoms with Gasteiger partial charge in [0.05, 0.1) is 17.3 Å². The molecular weight excluding hydrogens is 364 g/mol. The molecule has 2 aromatic heterocycles. The molecule has 0 radical (unpaired) electrons. The van der Waals surface area contributed by atoms with Gasteiger partial charge in [-0.15, -0.1) is 0 Å². The van der Waals surface area contributed by atoms with Crippen LogP contribution in [0.4, 0.5) is 11.6 Å². The Morgan fingerprint density at radius 1 is 1.14 bits per heavy atom. The summed E-state index contributed by atoms with van der Waals surface area (Å²) in [6.45, 7) is 4.43. The Labute approximate surface area is 169 Å². The molecule has 4 rings (SSSR count). The second-order valence-electron chi connectivity index (χ2n) is 7.23. The van der Waals surface area contributed by atoms with Crippen molar-refractivity contribution in [2.45, 2.75) is 13.0 Å². The van der Waals surface area contributed by atoms with Crippen molar-refractivity contribution in [3.8, 4) is 17.3 Å². The van der Waals surface area contributed by atoms with Crippen LogP contribution in [0.15, 0.2) is 59.7 Å². The van der Waals surface area contributed by atoms with Crippen LogP contribution in [0.25, 0.3) is 11.3 Å². The van der Waals surface area contributed by atoms with Gasteiger partial charge in [-0.1, -0.05) is 6.07 Å². The van der Waals surface area contributed by atoms with Crippen molar-refractivity contribution in [1.82, 2.24) is 14.5 Å². The standard InChI is InChI=1S/C22H22N6O/c1-16-15-27(19-5-3-4-17(12-19)14-23)10-11-28(16)22-25-20(13-21(29)26(22)2)18-6-8-24-9-7-18/h3-9,12-13,16H,10-11,15H2,1-2H3. The number of anilines is 2. The first-order chi connectivity index (χ1) is 14.1. The van der Waals surface area contributed by atoms with Crippen LogP contribution >= 0.6 is 0 Å². The predicted octanol–water partition coefficient (Wildman–Crippen LogP) is 2.43. The van der Waals surface area contributed by atoms with Crippen LogP contribution in [-0.4, -0.2) is 40.2 Å². The number of nitrogens with zero attached hydrogens (tertiary/aromatic N) is 6. The third-order valence-electron chi connectivity index (χ3n) is 5.31. The van der Waals surface area contributed by atoms with Crippen LogP contribution in [-0.2, 0) is 7.05 Å². The summed E-state index contributed by atoms with van der Waals surface area (Å²) >= 11 is 0. The van der Waals surface area contributed by atoms with Crippen molar-refractivity contribution in [2.75, 3.05) is 29.4 Å². The van der Waals surface area contributed by atoms with Gasteiger partial charge in [0, 0.05) is 62.4 Å². The molecule has 0 N–H and O–H groups in total. The summed E-state index contributed by atoms with van der Waals surface area (Å²) in [5.74, 6) is 0.669. The Bertz CT molecular complexity index is 1120. The fraction of sp³-hybridized carbons (Fsp3) is 0.273. The van der Waals surface area contributed by atoms with E-state index in [1.165, 1.54) is 0 Å². The van der Waals surface area contributed by atoms with Crippen LogP contribution in [0.5, 0.6) is 0 Å². The van der Waals surface area contributed by atoms with Gasteiger partial charge in [-0.05, 0) is 37.3 Å². The highest BCUT2D eigenvalue weighted by Crippen LogP contribution is 2.24. The molecule has 1 fully saturated rings. The first-order valence-electron chi connectivity index (χ1n) is 9.57. The molecule has 7 heteroatoms. The number of benzene rings is 1. The summed E-state index contributed by atoms with van der Waals surface area (Å²) in [4.78, 5) is 25.9. The predicted molar refractivity (Wildman–Crippen MR) is 113 cm³/mol. The van der Waals surface area contributed by atoms with E-state index in [9.17, 15) is 4.79 Å². The van der Waals surface area contributed by atoms with Crippen molar-refractivity contribution in [1.29, 1.82) is 5.26 Å². The van der Waals surface area contributed by atoms with Crippen molar-refractivity contribution in [2.24, 2.45) is 7.05 Å². The molecule has 1 saturated heterocycles. The molecular formula is C22H22N6O. The number of hydrogen-bond acceptors (Lipinski definition) is 6. The fourth-order valence-electron chi connectivity index (χ4n) is 3.72. The zero-order chi connectivity index (χ0) is 20.4. The van der Waals surface area contributed by atoms with E-state index in [2.05, 4.69) is 27.8 Å². The molecule has 1 aliphatic heterocycles. The Morgan fingerprint density at radius 2 is 1.93 bits per heavy atom. The highest BCUT2D eigenvalue weighted by atomic mass is 16.1. The molecule has 0 saturated carbocycles. The van der Waals surface area contributed by atoms with Gasteiger partial charge in [0.2, 0.25) is 5.95 Å².